The number of aliphatic hydroxyl groups excluding tert-OH is 1. The Kier molecular flexibility index (Phi) is 3.15. The normalized spacial score (nSPS) is 11.2. The molecule has 0 aliphatic heterocycles. The minimum atomic E-state index is 0.238. The molecule has 1 N–H and O–H groups in total. The predicted octanol–water partition coefficient (Wildman–Crippen LogP) is 2.22. The molecule has 2 nitrogen and oxygen atoms in total. The van der Waals surface area contributed by atoms with Gasteiger partial charge in [0, 0.05) is 24.0 Å². The fraction of sp³-hybridized carbons (Fsp3) is 0.636. The van der Waals surface area contributed by atoms with Gasteiger partial charge in [-0.3, -0.25) is 0 Å². The highest BCUT2D eigenvalue weighted by atomic mass is 16.2. The van der Waals surface area contributed by atoms with E-state index in [9.17, 15) is 0 Å². The second kappa shape index (κ2) is 3.97. The fourth-order valence-electron chi connectivity index (χ4n) is 2.01. The molecular formula is C11H19NO. The summed E-state index contributed by atoms with van der Waals surface area (Å²) in [4.78, 5) is 0. The van der Waals surface area contributed by atoms with Crippen molar-refractivity contribution in [3.05, 3.63) is 23.0 Å². The molecule has 1 aromatic heterocycles. The molecule has 0 unspecified atom stereocenters. The second-order valence-electron chi connectivity index (χ2n) is 3.83. The van der Waals surface area contributed by atoms with E-state index in [1.807, 2.05) is 0 Å². The van der Waals surface area contributed by atoms with Crippen LogP contribution >= 0.6 is 0 Å². The average Bonchev–Trinajstić information content (AvgIpc) is 2.28. The van der Waals surface area contributed by atoms with Crippen molar-refractivity contribution in [2.45, 2.75) is 40.2 Å². The lowest BCUT2D eigenvalue weighted by Gasteiger charge is -2.13. The van der Waals surface area contributed by atoms with Crippen LogP contribution in [-0.4, -0.2) is 16.3 Å². The van der Waals surface area contributed by atoms with Crippen LogP contribution in [-0.2, 0) is 6.42 Å². The van der Waals surface area contributed by atoms with E-state index in [0.717, 1.165) is 6.42 Å². The van der Waals surface area contributed by atoms with Crippen LogP contribution in [0.3, 0.4) is 0 Å². The van der Waals surface area contributed by atoms with Crippen LogP contribution in [0, 0.1) is 13.8 Å². The average molecular weight is 181 g/mol. The molecule has 0 fully saturated rings. The van der Waals surface area contributed by atoms with Crippen LogP contribution in [0.1, 0.15) is 36.8 Å². The second-order valence-corrected chi connectivity index (χ2v) is 3.83. The first-order valence-corrected chi connectivity index (χ1v) is 4.86. The molecule has 0 aromatic carbocycles. The third-order valence-electron chi connectivity index (χ3n) is 2.49. The third kappa shape index (κ3) is 1.94. The van der Waals surface area contributed by atoms with Crippen LogP contribution in [0.2, 0.25) is 0 Å². The Morgan fingerprint density at radius 2 is 2.00 bits per heavy atom. The summed E-state index contributed by atoms with van der Waals surface area (Å²) in [5.74, 6) is 0. The van der Waals surface area contributed by atoms with Crippen molar-refractivity contribution in [3.63, 3.8) is 0 Å². The lowest BCUT2D eigenvalue weighted by Crippen LogP contribution is -2.05. The number of rotatable bonds is 3. The largest absolute Gasteiger partial charge is 0.396 e. The van der Waals surface area contributed by atoms with Gasteiger partial charge in [0.25, 0.3) is 0 Å². The number of aryl methyl sites for hydroxylation is 1. The monoisotopic (exact) mass is 181 g/mol. The zero-order chi connectivity index (χ0) is 10.0. The third-order valence-corrected chi connectivity index (χ3v) is 2.49. The molecule has 0 saturated carbocycles. The molecule has 13 heavy (non-hydrogen) atoms. The van der Waals surface area contributed by atoms with Crippen LogP contribution < -0.4 is 0 Å². The van der Waals surface area contributed by atoms with Crippen molar-refractivity contribution in [3.8, 4) is 0 Å². The van der Waals surface area contributed by atoms with Gasteiger partial charge in [0.15, 0.2) is 0 Å². The molecule has 0 aliphatic carbocycles. The smallest absolute Gasteiger partial charge is 0.0472 e. The maximum Gasteiger partial charge on any atom is 0.0472 e. The van der Waals surface area contributed by atoms with E-state index >= 15 is 0 Å². The molecule has 74 valence electrons. The maximum atomic E-state index is 8.87. The number of hydrogen-bond acceptors (Lipinski definition) is 1. The van der Waals surface area contributed by atoms with Crippen LogP contribution in [0.5, 0.6) is 0 Å². The van der Waals surface area contributed by atoms with Crippen molar-refractivity contribution in [2.24, 2.45) is 0 Å². The molecule has 1 heterocycles. The van der Waals surface area contributed by atoms with Gasteiger partial charge in [-0.05, 0) is 45.7 Å². The van der Waals surface area contributed by atoms with E-state index in [0.29, 0.717) is 6.04 Å². The van der Waals surface area contributed by atoms with E-state index in [1.54, 1.807) is 0 Å². The zero-order valence-electron chi connectivity index (χ0n) is 8.96. The Labute approximate surface area is 80.2 Å². The zero-order valence-corrected chi connectivity index (χ0v) is 8.96. The summed E-state index contributed by atoms with van der Waals surface area (Å²) in [6, 6.07) is 2.68. The van der Waals surface area contributed by atoms with Crippen molar-refractivity contribution in [2.75, 3.05) is 6.61 Å². The minimum absolute atomic E-state index is 0.238. The summed E-state index contributed by atoms with van der Waals surface area (Å²) < 4.78 is 2.31. The van der Waals surface area contributed by atoms with Gasteiger partial charge in [-0.15, -0.1) is 0 Å². The summed E-state index contributed by atoms with van der Waals surface area (Å²) in [5.41, 5.74) is 3.85. The van der Waals surface area contributed by atoms with E-state index < -0.39 is 0 Å². The van der Waals surface area contributed by atoms with Crippen molar-refractivity contribution in [1.29, 1.82) is 0 Å². The fourth-order valence-corrected chi connectivity index (χ4v) is 2.01. The molecule has 0 amide bonds. The highest BCUT2D eigenvalue weighted by Gasteiger charge is 2.10. The molecule has 0 atom stereocenters. The Balaban J connectivity index is 3.07. The first kappa shape index (κ1) is 10.3. The van der Waals surface area contributed by atoms with E-state index in [4.69, 9.17) is 5.11 Å². The molecule has 0 aliphatic rings. The first-order valence-electron chi connectivity index (χ1n) is 4.86. The number of aliphatic hydroxyl groups is 1. The Hall–Kier alpha value is -0.760. The standard InChI is InChI=1S/C11H19NO/c1-8(2)12-9(3)7-11(5-6-13)10(12)4/h7-8,13H,5-6H2,1-4H3. The van der Waals surface area contributed by atoms with Gasteiger partial charge in [-0.2, -0.15) is 0 Å². The predicted molar refractivity (Wildman–Crippen MR) is 55.1 cm³/mol. The van der Waals surface area contributed by atoms with Crippen molar-refractivity contribution in [1.82, 2.24) is 4.57 Å². The van der Waals surface area contributed by atoms with E-state index in [1.165, 1.54) is 17.0 Å². The van der Waals surface area contributed by atoms with Crippen molar-refractivity contribution >= 4 is 0 Å². The highest BCUT2D eigenvalue weighted by molar-refractivity contribution is 5.27. The number of nitrogens with zero attached hydrogens (tertiary/aromatic N) is 1. The van der Waals surface area contributed by atoms with Gasteiger partial charge in [0.05, 0.1) is 0 Å². The quantitative estimate of drug-likeness (QED) is 0.760. The molecule has 0 bridgehead atoms. The van der Waals surface area contributed by atoms with Crippen LogP contribution in [0.4, 0.5) is 0 Å². The minimum Gasteiger partial charge on any atom is -0.396 e. The van der Waals surface area contributed by atoms with Gasteiger partial charge in [-0.1, -0.05) is 0 Å². The lowest BCUT2D eigenvalue weighted by molar-refractivity contribution is 0.299. The van der Waals surface area contributed by atoms with E-state index in [-0.39, 0.29) is 6.61 Å². The molecule has 0 spiro atoms. The first-order chi connectivity index (χ1) is 6.07. The summed E-state index contributed by atoms with van der Waals surface area (Å²) in [6.45, 7) is 8.85. The summed E-state index contributed by atoms with van der Waals surface area (Å²) in [6.07, 6.45) is 0.770. The highest BCUT2D eigenvalue weighted by Crippen LogP contribution is 2.20. The number of aromatic nitrogens is 1. The van der Waals surface area contributed by atoms with E-state index in [2.05, 4.69) is 38.3 Å². The topological polar surface area (TPSA) is 25.2 Å². The van der Waals surface area contributed by atoms with Crippen LogP contribution in [0.25, 0.3) is 0 Å². The molecule has 1 rings (SSSR count). The number of hydrogen-bond donors (Lipinski definition) is 1. The summed E-state index contributed by atoms with van der Waals surface area (Å²) in [5, 5.41) is 8.87. The maximum absolute atomic E-state index is 8.87. The Morgan fingerprint density at radius 1 is 1.38 bits per heavy atom. The van der Waals surface area contributed by atoms with Gasteiger partial charge in [-0.25, -0.2) is 0 Å². The van der Waals surface area contributed by atoms with Crippen LogP contribution in [0.15, 0.2) is 6.07 Å². The van der Waals surface area contributed by atoms with Crippen molar-refractivity contribution < 1.29 is 5.11 Å². The lowest BCUT2D eigenvalue weighted by atomic mass is 10.2. The summed E-state index contributed by atoms with van der Waals surface area (Å²) >= 11 is 0. The molecule has 0 radical (unpaired) electrons. The molecule has 0 saturated heterocycles. The Morgan fingerprint density at radius 3 is 2.38 bits per heavy atom. The van der Waals surface area contributed by atoms with Gasteiger partial charge in [0.1, 0.15) is 0 Å². The summed E-state index contributed by atoms with van der Waals surface area (Å²) in [7, 11) is 0. The SMILES string of the molecule is Cc1cc(CCO)c(C)n1C(C)C. The van der Waals surface area contributed by atoms with Gasteiger partial charge in [0.2, 0.25) is 0 Å². The van der Waals surface area contributed by atoms with Gasteiger partial charge >= 0.3 is 0 Å². The molecular weight excluding hydrogens is 162 g/mol. The molecule has 1 aromatic rings. The Bertz CT molecular complexity index is 287. The molecule has 2 heteroatoms. The van der Waals surface area contributed by atoms with Gasteiger partial charge < -0.3 is 9.67 Å².